The highest BCUT2D eigenvalue weighted by Gasteiger charge is 2.35. The second-order valence-corrected chi connectivity index (χ2v) is 14.3. The number of amides is 2. The second-order valence-electron chi connectivity index (χ2n) is 14.3. The summed E-state index contributed by atoms with van der Waals surface area (Å²) >= 11 is 0. The van der Waals surface area contributed by atoms with Gasteiger partial charge in [0.1, 0.15) is 5.65 Å². The Bertz CT molecular complexity index is 2390. The smallest absolute Gasteiger partial charge is 0.264 e. The molecule has 3 aliphatic rings. The summed E-state index contributed by atoms with van der Waals surface area (Å²) in [6, 6.07) is 27.6. The third-order valence-electron chi connectivity index (χ3n) is 11.1. The fourth-order valence-electron chi connectivity index (χ4n) is 8.08. The summed E-state index contributed by atoms with van der Waals surface area (Å²) in [6.07, 6.45) is 4.46. The summed E-state index contributed by atoms with van der Waals surface area (Å²) in [4.78, 5) is 40.8. The van der Waals surface area contributed by atoms with E-state index < -0.39 is 0 Å². The van der Waals surface area contributed by atoms with Crippen LogP contribution >= 0.6 is 0 Å². The highest BCUT2D eigenvalue weighted by Crippen LogP contribution is 2.42. The third-order valence-corrected chi connectivity index (χ3v) is 11.1. The summed E-state index contributed by atoms with van der Waals surface area (Å²) in [7, 11) is 3.89. The zero-order valence-corrected chi connectivity index (χ0v) is 30.7. The number of hydrogen-bond donors (Lipinski definition) is 0. The van der Waals surface area contributed by atoms with Crippen molar-refractivity contribution in [2.45, 2.75) is 25.9 Å². The standard InChI is InChI=1S/C43H42N6O5/c1-28-35(43(51)49(32-11-5-4-6-12-32)33-20-30-13-14-45(2)41(30)44-24-33)21-38(46(28)3)36-22-39-40(54-27-53-39)23-37(36)42(50)48-25-31-10-8-7-9-29(31)19-34(48)26-47-15-17-52-18-16-47/h4-14,20-24,34H,15-19,25-27H2,1-3H3/t34-/m0/s1. The van der Waals surface area contributed by atoms with Crippen molar-refractivity contribution in [3.8, 4) is 22.8 Å². The quantitative estimate of drug-likeness (QED) is 0.186. The van der Waals surface area contributed by atoms with Crippen LogP contribution in [0, 0.1) is 6.92 Å². The van der Waals surface area contributed by atoms with Gasteiger partial charge in [0.25, 0.3) is 11.8 Å². The van der Waals surface area contributed by atoms with Gasteiger partial charge in [-0.2, -0.15) is 0 Å². The van der Waals surface area contributed by atoms with Gasteiger partial charge in [-0.3, -0.25) is 19.4 Å². The topological polar surface area (TPSA) is 94.3 Å². The van der Waals surface area contributed by atoms with E-state index in [0.29, 0.717) is 53.6 Å². The van der Waals surface area contributed by atoms with Crippen LogP contribution < -0.4 is 14.4 Å². The number of morpholine rings is 1. The minimum Gasteiger partial charge on any atom is -0.454 e. The molecule has 0 N–H and O–H groups in total. The van der Waals surface area contributed by atoms with Crippen LogP contribution in [0.5, 0.6) is 11.5 Å². The molecule has 11 nitrogen and oxygen atoms in total. The first-order valence-electron chi connectivity index (χ1n) is 18.4. The molecule has 6 heterocycles. The van der Waals surface area contributed by atoms with Crippen molar-refractivity contribution in [2.75, 3.05) is 44.5 Å². The predicted molar refractivity (Wildman–Crippen MR) is 206 cm³/mol. The van der Waals surface area contributed by atoms with E-state index in [9.17, 15) is 4.79 Å². The largest absolute Gasteiger partial charge is 0.454 e. The van der Waals surface area contributed by atoms with Crippen LogP contribution in [-0.4, -0.2) is 81.4 Å². The van der Waals surface area contributed by atoms with Crippen molar-refractivity contribution < 1.29 is 23.8 Å². The van der Waals surface area contributed by atoms with E-state index in [-0.39, 0.29) is 24.6 Å². The van der Waals surface area contributed by atoms with Crippen LogP contribution in [0.2, 0.25) is 0 Å². The van der Waals surface area contributed by atoms with Crippen molar-refractivity contribution in [1.82, 2.24) is 23.9 Å². The molecule has 6 aromatic rings. The van der Waals surface area contributed by atoms with Crippen molar-refractivity contribution in [2.24, 2.45) is 14.1 Å². The first-order chi connectivity index (χ1) is 26.3. The molecule has 9 rings (SSSR count). The lowest BCUT2D eigenvalue weighted by molar-refractivity contribution is 0.0193. The van der Waals surface area contributed by atoms with Crippen LogP contribution in [0.4, 0.5) is 11.4 Å². The third kappa shape index (κ3) is 5.99. The number of benzene rings is 3. The number of hydrogen-bond acceptors (Lipinski definition) is 7. The summed E-state index contributed by atoms with van der Waals surface area (Å²) in [5.41, 5.74) is 7.82. The number of pyridine rings is 1. The van der Waals surface area contributed by atoms with E-state index in [1.165, 1.54) is 5.56 Å². The van der Waals surface area contributed by atoms with Gasteiger partial charge >= 0.3 is 0 Å². The van der Waals surface area contributed by atoms with Gasteiger partial charge in [-0.15, -0.1) is 0 Å². The van der Waals surface area contributed by atoms with Gasteiger partial charge < -0.3 is 28.2 Å². The molecule has 0 unspecified atom stereocenters. The van der Waals surface area contributed by atoms with Gasteiger partial charge in [0.05, 0.1) is 36.2 Å². The predicted octanol–water partition coefficient (Wildman–Crippen LogP) is 6.49. The lowest BCUT2D eigenvalue weighted by atomic mass is 9.92. The number of anilines is 2. The molecule has 3 aliphatic heterocycles. The number of para-hydroxylation sites is 1. The zero-order chi connectivity index (χ0) is 36.9. The lowest BCUT2D eigenvalue weighted by Crippen LogP contribution is -2.52. The molecule has 11 heteroatoms. The Balaban J connectivity index is 1.13. The summed E-state index contributed by atoms with van der Waals surface area (Å²) in [5, 5.41) is 0.935. The van der Waals surface area contributed by atoms with E-state index >= 15 is 4.79 Å². The molecule has 3 aromatic carbocycles. The van der Waals surface area contributed by atoms with Gasteiger partial charge in [-0.1, -0.05) is 42.5 Å². The Morgan fingerprint density at radius 1 is 0.852 bits per heavy atom. The maximum Gasteiger partial charge on any atom is 0.264 e. The van der Waals surface area contributed by atoms with Gasteiger partial charge in [0, 0.05) is 80.5 Å². The SMILES string of the molecule is Cc1c(C(=O)N(c2ccccc2)c2cnc3c(ccn3C)c2)cc(-c2cc3c(cc2C(=O)N2Cc4ccccc4C[C@H]2CN2CCOCC2)OCO3)n1C. The number of aromatic nitrogens is 3. The van der Waals surface area contributed by atoms with Crippen molar-refractivity contribution >= 4 is 34.2 Å². The van der Waals surface area contributed by atoms with Gasteiger partial charge in [0.15, 0.2) is 11.5 Å². The molecule has 3 aromatic heterocycles. The molecule has 1 atom stereocenters. The van der Waals surface area contributed by atoms with E-state index in [4.69, 9.17) is 19.2 Å². The molecule has 54 heavy (non-hydrogen) atoms. The number of carbonyl (C=O) groups is 2. The van der Waals surface area contributed by atoms with Crippen molar-refractivity contribution in [3.63, 3.8) is 0 Å². The van der Waals surface area contributed by atoms with Crippen LogP contribution in [0.15, 0.2) is 97.3 Å². The van der Waals surface area contributed by atoms with E-state index in [1.807, 2.05) is 108 Å². The number of ether oxygens (including phenoxy) is 3. The number of nitrogens with zero attached hydrogens (tertiary/aromatic N) is 6. The fourth-order valence-corrected chi connectivity index (χ4v) is 8.08. The Labute approximate surface area is 313 Å². The second kappa shape index (κ2) is 13.8. The summed E-state index contributed by atoms with van der Waals surface area (Å²) in [5.74, 6) is 0.807. The van der Waals surface area contributed by atoms with Crippen LogP contribution in [0.25, 0.3) is 22.3 Å². The summed E-state index contributed by atoms with van der Waals surface area (Å²) < 4.78 is 21.3. The lowest BCUT2D eigenvalue weighted by Gasteiger charge is -2.40. The monoisotopic (exact) mass is 722 g/mol. The molecular formula is C43H42N6O5. The normalized spacial score (nSPS) is 16.8. The molecule has 0 spiro atoms. The van der Waals surface area contributed by atoms with Gasteiger partial charge in [0.2, 0.25) is 6.79 Å². The molecular weight excluding hydrogens is 681 g/mol. The van der Waals surface area contributed by atoms with E-state index in [0.717, 1.165) is 59.7 Å². The first kappa shape index (κ1) is 33.9. The Kier molecular flexibility index (Phi) is 8.67. The highest BCUT2D eigenvalue weighted by molar-refractivity contribution is 6.13. The first-order valence-corrected chi connectivity index (χ1v) is 18.4. The number of rotatable bonds is 7. The molecule has 1 saturated heterocycles. The average molecular weight is 723 g/mol. The van der Waals surface area contributed by atoms with Crippen molar-refractivity contribution in [3.05, 3.63) is 125 Å². The molecule has 274 valence electrons. The van der Waals surface area contributed by atoms with E-state index in [1.54, 1.807) is 11.1 Å². The molecule has 1 fully saturated rings. The molecule has 0 radical (unpaired) electrons. The van der Waals surface area contributed by atoms with E-state index in [2.05, 4.69) is 23.1 Å². The van der Waals surface area contributed by atoms with Crippen LogP contribution in [0.3, 0.4) is 0 Å². The van der Waals surface area contributed by atoms with Gasteiger partial charge in [-0.05, 0) is 66.9 Å². The minimum atomic E-state index is -0.204. The summed E-state index contributed by atoms with van der Waals surface area (Å²) in [6.45, 7) is 6.32. The Morgan fingerprint density at radius 3 is 2.39 bits per heavy atom. The van der Waals surface area contributed by atoms with Gasteiger partial charge in [-0.25, -0.2) is 4.98 Å². The maximum atomic E-state index is 15.1. The molecule has 2 amide bonds. The maximum absolute atomic E-state index is 15.1. The Morgan fingerprint density at radius 2 is 1.59 bits per heavy atom. The number of fused-ring (bicyclic) bond motifs is 3. The van der Waals surface area contributed by atoms with Crippen LogP contribution in [0.1, 0.15) is 37.5 Å². The number of carbonyl (C=O) groups excluding carboxylic acids is 2. The zero-order valence-electron chi connectivity index (χ0n) is 30.7. The molecule has 0 aliphatic carbocycles. The molecule has 0 bridgehead atoms. The number of aryl methyl sites for hydroxylation is 1. The highest BCUT2D eigenvalue weighted by atomic mass is 16.7. The molecule has 0 saturated carbocycles. The average Bonchev–Trinajstić information content (AvgIpc) is 3.91. The van der Waals surface area contributed by atoms with Crippen molar-refractivity contribution in [1.29, 1.82) is 0 Å². The minimum absolute atomic E-state index is 0.0361. The van der Waals surface area contributed by atoms with Crippen LogP contribution in [-0.2, 0) is 31.8 Å². The fraction of sp³-hybridized carbons (Fsp3) is 0.279. The Hall–Kier alpha value is -5.91.